The van der Waals surface area contributed by atoms with Gasteiger partial charge < -0.3 is 15.0 Å². The van der Waals surface area contributed by atoms with Crippen LogP contribution in [0.15, 0.2) is 30.3 Å². The molecule has 2 saturated heterocycles. The van der Waals surface area contributed by atoms with Crippen molar-refractivity contribution in [3.63, 3.8) is 0 Å². The van der Waals surface area contributed by atoms with Gasteiger partial charge in [0, 0.05) is 20.1 Å². The Balaban J connectivity index is 1.50. The Morgan fingerprint density at radius 2 is 2.19 bits per heavy atom. The van der Waals surface area contributed by atoms with E-state index in [-0.39, 0.29) is 18.1 Å². The molecule has 1 amide bonds. The van der Waals surface area contributed by atoms with Gasteiger partial charge in [0.25, 0.3) is 0 Å². The fraction of sp³-hybridized carbons (Fsp3) is 0.588. The number of benzene rings is 1. The number of hydrogen-bond acceptors (Lipinski definition) is 3. The Morgan fingerprint density at radius 1 is 1.38 bits per heavy atom. The molecule has 0 radical (unpaired) electrons. The van der Waals surface area contributed by atoms with Gasteiger partial charge in [-0.25, -0.2) is 0 Å². The lowest BCUT2D eigenvalue weighted by atomic mass is 9.91. The van der Waals surface area contributed by atoms with Gasteiger partial charge in [0.15, 0.2) is 0 Å². The molecule has 0 unspecified atom stereocenters. The lowest BCUT2D eigenvalue weighted by Crippen LogP contribution is -2.43. The molecule has 2 aliphatic heterocycles. The summed E-state index contributed by atoms with van der Waals surface area (Å²) < 4.78 is 5.95. The Labute approximate surface area is 126 Å². The predicted molar refractivity (Wildman–Crippen MR) is 82.0 cm³/mol. The molecule has 21 heavy (non-hydrogen) atoms. The fourth-order valence-electron chi connectivity index (χ4n) is 3.46. The zero-order valence-electron chi connectivity index (χ0n) is 12.6. The summed E-state index contributed by atoms with van der Waals surface area (Å²) in [6.45, 7) is 3.16. The summed E-state index contributed by atoms with van der Waals surface area (Å²) in [4.78, 5) is 14.2. The van der Waals surface area contributed by atoms with Crippen LogP contribution in [0, 0.1) is 5.92 Å². The number of fused-ring (bicyclic) bond motifs is 1. The Morgan fingerprint density at radius 3 is 2.95 bits per heavy atom. The van der Waals surface area contributed by atoms with Crippen LogP contribution in [0.5, 0.6) is 0 Å². The first-order valence-corrected chi connectivity index (χ1v) is 7.89. The molecular formula is C17H24N2O2. The molecule has 0 aliphatic carbocycles. The van der Waals surface area contributed by atoms with E-state index >= 15 is 0 Å². The highest BCUT2D eigenvalue weighted by molar-refractivity contribution is 5.80. The third-order valence-corrected chi connectivity index (χ3v) is 4.73. The van der Waals surface area contributed by atoms with E-state index in [0.717, 1.165) is 38.9 Å². The van der Waals surface area contributed by atoms with Gasteiger partial charge in [-0.3, -0.25) is 4.79 Å². The first-order valence-electron chi connectivity index (χ1n) is 7.89. The van der Waals surface area contributed by atoms with E-state index < -0.39 is 0 Å². The van der Waals surface area contributed by atoms with Crippen LogP contribution in [-0.4, -0.2) is 49.7 Å². The maximum absolute atomic E-state index is 11.7. The van der Waals surface area contributed by atoms with Crippen molar-refractivity contribution in [2.75, 3.05) is 26.7 Å². The predicted octanol–water partition coefficient (Wildman–Crippen LogP) is 1.45. The van der Waals surface area contributed by atoms with Gasteiger partial charge in [-0.2, -0.15) is 0 Å². The van der Waals surface area contributed by atoms with E-state index in [9.17, 15) is 4.79 Å². The summed E-state index contributed by atoms with van der Waals surface area (Å²) in [7, 11) is 1.68. The average Bonchev–Trinajstić information content (AvgIpc) is 2.96. The number of likely N-dealkylation sites (tertiary alicyclic amines) is 1. The van der Waals surface area contributed by atoms with Crippen molar-refractivity contribution in [1.82, 2.24) is 10.2 Å². The molecule has 3 atom stereocenters. The molecule has 2 aliphatic rings. The van der Waals surface area contributed by atoms with Crippen molar-refractivity contribution < 1.29 is 9.53 Å². The van der Waals surface area contributed by atoms with Gasteiger partial charge >= 0.3 is 0 Å². The summed E-state index contributed by atoms with van der Waals surface area (Å²) in [5.41, 5.74) is 1.38. The molecule has 4 nitrogen and oxygen atoms in total. The minimum atomic E-state index is -0.237. The monoisotopic (exact) mass is 288 g/mol. The number of carbonyl (C=O) groups is 1. The summed E-state index contributed by atoms with van der Waals surface area (Å²) in [5.74, 6) is 0.584. The van der Waals surface area contributed by atoms with Crippen LogP contribution >= 0.6 is 0 Å². The smallest absolute Gasteiger partial charge is 0.248 e. The van der Waals surface area contributed by atoms with Crippen LogP contribution in [0.3, 0.4) is 0 Å². The van der Waals surface area contributed by atoms with E-state index in [2.05, 4.69) is 40.5 Å². The van der Waals surface area contributed by atoms with Crippen LogP contribution in [0.2, 0.25) is 0 Å². The highest BCUT2D eigenvalue weighted by Crippen LogP contribution is 2.33. The van der Waals surface area contributed by atoms with Gasteiger partial charge in [0.05, 0.1) is 6.10 Å². The molecular weight excluding hydrogens is 264 g/mol. The Kier molecular flexibility index (Phi) is 4.56. The molecule has 1 N–H and O–H groups in total. The highest BCUT2D eigenvalue weighted by Gasteiger charge is 2.41. The number of amides is 1. The van der Waals surface area contributed by atoms with Crippen molar-refractivity contribution in [1.29, 1.82) is 0 Å². The van der Waals surface area contributed by atoms with Gasteiger partial charge in [-0.1, -0.05) is 30.3 Å². The van der Waals surface area contributed by atoms with Gasteiger partial charge in [0.2, 0.25) is 5.91 Å². The molecule has 2 heterocycles. The number of hydrogen-bond donors (Lipinski definition) is 1. The van der Waals surface area contributed by atoms with E-state index in [0.29, 0.717) is 5.92 Å². The molecule has 2 fully saturated rings. The Hall–Kier alpha value is -1.39. The molecule has 0 spiro atoms. The molecule has 114 valence electrons. The zero-order chi connectivity index (χ0) is 14.7. The minimum Gasteiger partial charge on any atom is -0.364 e. The third kappa shape index (κ3) is 3.44. The van der Waals surface area contributed by atoms with E-state index in [1.54, 1.807) is 7.05 Å². The first kappa shape index (κ1) is 14.5. The van der Waals surface area contributed by atoms with E-state index in [1.807, 2.05) is 0 Å². The van der Waals surface area contributed by atoms with Gasteiger partial charge in [0.1, 0.15) is 6.10 Å². The summed E-state index contributed by atoms with van der Waals surface area (Å²) >= 11 is 0. The molecule has 3 rings (SSSR count). The standard InChI is InChI=1S/C17H24N2O2/c1-18-17(20)15-11-14-8-10-19(12-16(14)21-15)9-7-13-5-3-2-4-6-13/h2-6,14-16H,7-12H2,1H3,(H,18,20)/t14-,15+,16-/m0/s1. The number of nitrogens with zero attached hydrogens (tertiary/aromatic N) is 1. The second-order valence-electron chi connectivity index (χ2n) is 6.10. The first-order chi connectivity index (χ1) is 10.3. The van der Waals surface area contributed by atoms with Gasteiger partial charge in [-0.15, -0.1) is 0 Å². The lowest BCUT2D eigenvalue weighted by Gasteiger charge is -2.34. The van der Waals surface area contributed by atoms with Crippen LogP contribution in [0.1, 0.15) is 18.4 Å². The zero-order valence-corrected chi connectivity index (χ0v) is 12.6. The highest BCUT2D eigenvalue weighted by atomic mass is 16.5. The second-order valence-corrected chi connectivity index (χ2v) is 6.10. The van der Waals surface area contributed by atoms with Crippen molar-refractivity contribution >= 4 is 5.91 Å². The number of nitrogens with one attached hydrogen (secondary N) is 1. The largest absolute Gasteiger partial charge is 0.364 e. The van der Waals surface area contributed by atoms with Crippen molar-refractivity contribution in [2.45, 2.75) is 31.5 Å². The number of piperidine rings is 1. The van der Waals surface area contributed by atoms with Crippen molar-refractivity contribution in [3.05, 3.63) is 35.9 Å². The molecule has 4 heteroatoms. The van der Waals surface area contributed by atoms with Crippen molar-refractivity contribution in [3.8, 4) is 0 Å². The van der Waals surface area contributed by atoms with Crippen molar-refractivity contribution in [2.24, 2.45) is 5.92 Å². The summed E-state index contributed by atoms with van der Waals surface area (Å²) in [6, 6.07) is 10.6. The maximum Gasteiger partial charge on any atom is 0.248 e. The number of rotatable bonds is 4. The average molecular weight is 288 g/mol. The van der Waals surface area contributed by atoms with E-state index in [4.69, 9.17) is 4.74 Å². The topological polar surface area (TPSA) is 41.6 Å². The molecule has 0 bridgehead atoms. The summed E-state index contributed by atoms with van der Waals surface area (Å²) in [5, 5.41) is 2.70. The normalized spacial score (nSPS) is 29.1. The van der Waals surface area contributed by atoms with Crippen LogP contribution in [0.4, 0.5) is 0 Å². The second kappa shape index (κ2) is 6.58. The molecule has 0 saturated carbocycles. The van der Waals surface area contributed by atoms with Crippen LogP contribution in [-0.2, 0) is 16.0 Å². The van der Waals surface area contributed by atoms with Gasteiger partial charge in [-0.05, 0) is 37.3 Å². The van der Waals surface area contributed by atoms with E-state index in [1.165, 1.54) is 5.56 Å². The minimum absolute atomic E-state index is 0.0280. The number of carbonyl (C=O) groups excluding carboxylic acids is 1. The molecule has 0 aromatic heterocycles. The SMILES string of the molecule is CNC(=O)[C@H]1C[C@@H]2CCN(CCc3ccccc3)C[C@@H]2O1. The summed E-state index contributed by atoms with van der Waals surface area (Å²) in [6.07, 6.45) is 3.11. The number of ether oxygens (including phenoxy) is 1. The molecule has 1 aromatic carbocycles. The third-order valence-electron chi connectivity index (χ3n) is 4.73. The quantitative estimate of drug-likeness (QED) is 0.912. The maximum atomic E-state index is 11.7. The fourth-order valence-corrected chi connectivity index (χ4v) is 3.46. The van der Waals surface area contributed by atoms with Crippen LogP contribution in [0.25, 0.3) is 0 Å². The van der Waals surface area contributed by atoms with Crippen LogP contribution < -0.4 is 5.32 Å². The molecule has 1 aromatic rings. The Bertz CT molecular complexity index is 477. The number of likely N-dealkylation sites (N-methyl/N-ethyl adjacent to an activating group) is 1. The lowest BCUT2D eigenvalue weighted by molar-refractivity contribution is -0.132.